The van der Waals surface area contributed by atoms with Gasteiger partial charge >= 0.3 is 0 Å². The molecule has 2 heteroatoms. The number of allylic oxidation sites excluding steroid dienone is 1. The topological polar surface area (TPSA) is 33.4 Å². The molecule has 0 aliphatic carbocycles. The highest BCUT2D eigenvalue weighted by Gasteiger charge is 2.23. The summed E-state index contributed by atoms with van der Waals surface area (Å²) in [4.78, 5) is 0. The normalized spacial score (nSPS) is 14.0. The molecule has 0 amide bonds. The molecule has 3 aromatic rings. The summed E-state index contributed by atoms with van der Waals surface area (Å²) in [6.07, 6.45) is 5.87. The number of rotatable bonds is 6. The molecule has 0 saturated carbocycles. The molecule has 2 aromatic carbocycles. The Bertz CT molecular complexity index is 715. The Balaban J connectivity index is 1.80. The Morgan fingerprint density at radius 2 is 1.57 bits per heavy atom. The molecule has 1 N–H and O–H groups in total. The van der Waals surface area contributed by atoms with Crippen molar-refractivity contribution in [3.05, 3.63) is 102 Å². The van der Waals surface area contributed by atoms with Crippen LogP contribution in [0.25, 0.3) is 6.08 Å². The van der Waals surface area contributed by atoms with E-state index in [1.807, 2.05) is 54.6 Å². The zero-order valence-electron chi connectivity index (χ0n) is 12.9. The van der Waals surface area contributed by atoms with Crippen molar-refractivity contribution in [3.8, 4) is 0 Å². The van der Waals surface area contributed by atoms with Crippen LogP contribution >= 0.6 is 0 Å². The van der Waals surface area contributed by atoms with Gasteiger partial charge in [0.05, 0.1) is 6.26 Å². The van der Waals surface area contributed by atoms with E-state index in [4.69, 9.17) is 4.42 Å². The fourth-order valence-corrected chi connectivity index (χ4v) is 2.72. The van der Waals surface area contributed by atoms with Crippen LogP contribution in [0.15, 0.2) is 89.6 Å². The molecule has 2 unspecified atom stereocenters. The van der Waals surface area contributed by atoms with Gasteiger partial charge in [0.25, 0.3) is 0 Å². The summed E-state index contributed by atoms with van der Waals surface area (Å²) in [5, 5.41) is 10.7. The van der Waals surface area contributed by atoms with E-state index < -0.39 is 6.10 Å². The Morgan fingerprint density at radius 3 is 2.22 bits per heavy atom. The van der Waals surface area contributed by atoms with Crippen molar-refractivity contribution < 1.29 is 9.52 Å². The third-order valence-electron chi connectivity index (χ3n) is 3.94. The van der Waals surface area contributed by atoms with Crippen LogP contribution in [0.1, 0.15) is 35.3 Å². The molecule has 2 atom stereocenters. The van der Waals surface area contributed by atoms with Crippen molar-refractivity contribution >= 4 is 6.08 Å². The number of hydrogen-bond donors (Lipinski definition) is 1. The Kier molecular flexibility index (Phi) is 5.07. The van der Waals surface area contributed by atoms with Gasteiger partial charge in [-0.15, -0.1) is 0 Å². The summed E-state index contributed by atoms with van der Waals surface area (Å²) in [7, 11) is 0. The van der Waals surface area contributed by atoms with E-state index in [0.717, 1.165) is 17.5 Å². The average molecular weight is 304 g/mol. The van der Waals surface area contributed by atoms with Gasteiger partial charge in [0.15, 0.2) is 0 Å². The molecule has 3 rings (SSSR count). The molecule has 0 aliphatic rings. The summed E-state index contributed by atoms with van der Waals surface area (Å²) < 4.78 is 5.39. The highest BCUT2D eigenvalue weighted by Crippen LogP contribution is 2.34. The lowest BCUT2D eigenvalue weighted by Gasteiger charge is -2.20. The van der Waals surface area contributed by atoms with Crippen molar-refractivity contribution in [2.45, 2.75) is 18.4 Å². The van der Waals surface area contributed by atoms with Crippen molar-refractivity contribution in [1.29, 1.82) is 0 Å². The monoisotopic (exact) mass is 304 g/mol. The van der Waals surface area contributed by atoms with E-state index >= 15 is 0 Å². The molecule has 0 aliphatic heterocycles. The van der Waals surface area contributed by atoms with Gasteiger partial charge < -0.3 is 9.52 Å². The van der Waals surface area contributed by atoms with Crippen molar-refractivity contribution in [1.82, 2.24) is 0 Å². The first-order chi connectivity index (χ1) is 11.3. The molecule has 116 valence electrons. The zero-order valence-corrected chi connectivity index (χ0v) is 12.9. The van der Waals surface area contributed by atoms with Gasteiger partial charge in [-0.05, 0) is 29.7 Å². The molecular formula is C21H20O2. The van der Waals surface area contributed by atoms with Gasteiger partial charge in [-0.25, -0.2) is 0 Å². The number of benzene rings is 2. The number of hydrogen-bond acceptors (Lipinski definition) is 2. The van der Waals surface area contributed by atoms with Crippen molar-refractivity contribution in [2.24, 2.45) is 0 Å². The van der Waals surface area contributed by atoms with Crippen LogP contribution in [0.5, 0.6) is 0 Å². The summed E-state index contributed by atoms with van der Waals surface area (Å²) in [5.74, 6) is 0.564. The molecular weight excluding hydrogens is 284 g/mol. The SMILES string of the molecule is OC(c1ccco1)C(C/C=C/c1ccccc1)c1ccccc1. The third kappa shape index (κ3) is 3.99. The molecule has 0 radical (unpaired) electrons. The van der Waals surface area contributed by atoms with E-state index in [9.17, 15) is 5.11 Å². The van der Waals surface area contributed by atoms with E-state index in [-0.39, 0.29) is 5.92 Å². The molecule has 1 heterocycles. The lowest BCUT2D eigenvalue weighted by atomic mass is 9.89. The number of furan rings is 1. The summed E-state index contributed by atoms with van der Waals surface area (Å²) in [6, 6.07) is 23.9. The van der Waals surface area contributed by atoms with Crippen LogP contribution in [0, 0.1) is 0 Å². The highest BCUT2D eigenvalue weighted by atomic mass is 16.4. The van der Waals surface area contributed by atoms with Crippen LogP contribution < -0.4 is 0 Å². The first-order valence-corrected chi connectivity index (χ1v) is 7.82. The second kappa shape index (κ2) is 7.61. The van der Waals surface area contributed by atoms with Crippen LogP contribution in [-0.2, 0) is 0 Å². The van der Waals surface area contributed by atoms with Gasteiger partial charge in [-0.1, -0.05) is 72.8 Å². The van der Waals surface area contributed by atoms with Crippen molar-refractivity contribution in [2.75, 3.05) is 0 Å². The van der Waals surface area contributed by atoms with Crippen molar-refractivity contribution in [3.63, 3.8) is 0 Å². The molecule has 23 heavy (non-hydrogen) atoms. The Hall–Kier alpha value is -2.58. The number of aliphatic hydroxyl groups excluding tert-OH is 1. The first kappa shape index (κ1) is 15.3. The molecule has 1 aromatic heterocycles. The predicted octanol–water partition coefficient (Wildman–Crippen LogP) is 5.20. The maximum Gasteiger partial charge on any atom is 0.132 e. The highest BCUT2D eigenvalue weighted by molar-refractivity contribution is 5.48. The Labute approximate surface area is 136 Å². The Morgan fingerprint density at radius 1 is 0.870 bits per heavy atom. The van der Waals surface area contributed by atoms with Gasteiger partial charge in [-0.3, -0.25) is 0 Å². The van der Waals surface area contributed by atoms with Crippen LogP contribution in [0.3, 0.4) is 0 Å². The van der Waals surface area contributed by atoms with Gasteiger partial charge in [0.1, 0.15) is 11.9 Å². The summed E-state index contributed by atoms with van der Waals surface area (Å²) in [5.41, 5.74) is 2.26. The predicted molar refractivity (Wildman–Crippen MR) is 92.9 cm³/mol. The van der Waals surface area contributed by atoms with E-state index in [2.05, 4.69) is 24.3 Å². The largest absolute Gasteiger partial charge is 0.467 e. The van der Waals surface area contributed by atoms with Gasteiger partial charge in [0, 0.05) is 5.92 Å². The molecule has 0 saturated heterocycles. The van der Waals surface area contributed by atoms with E-state index in [1.165, 1.54) is 0 Å². The molecule has 0 bridgehead atoms. The standard InChI is InChI=1S/C21H20O2/c22-21(20-15-8-16-23-20)19(18-12-5-2-6-13-18)14-7-11-17-9-3-1-4-10-17/h1-13,15-16,19,21-22H,14H2/b11-7+. The van der Waals surface area contributed by atoms with Gasteiger partial charge in [-0.2, -0.15) is 0 Å². The number of aliphatic hydroxyl groups is 1. The minimum Gasteiger partial charge on any atom is -0.467 e. The fraction of sp³-hybridized carbons (Fsp3) is 0.143. The van der Waals surface area contributed by atoms with Gasteiger partial charge in [0.2, 0.25) is 0 Å². The van der Waals surface area contributed by atoms with E-state index in [1.54, 1.807) is 12.3 Å². The third-order valence-corrected chi connectivity index (χ3v) is 3.94. The lowest BCUT2D eigenvalue weighted by Crippen LogP contribution is -2.09. The lowest BCUT2D eigenvalue weighted by molar-refractivity contribution is 0.120. The summed E-state index contributed by atoms with van der Waals surface area (Å²) in [6.45, 7) is 0. The van der Waals surface area contributed by atoms with Crippen LogP contribution in [-0.4, -0.2) is 5.11 Å². The van der Waals surface area contributed by atoms with E-state index in [0.29, 0.717) is 5.76 Å². The average Bonchev–Trinajstić information content (AvgIpc) is 3.15. The first-order valence-electron chi connectivity index (χ1n) is 7.82. The second-order valence-corrected chi connectivity index (χ2v) is 5.53. The van der Waals surface area contributed by atoms with Crippen LogP contribution in [0.2, 0.25) is 0 Å². The molecule has 2 nitrogen and oxygen atoms in total. The zero-order chi connectivity index (χ0) is 15.9. The quantitative estimate of drug-likeness (QED) is 0.679. The minimum atomic E-state index is -0.659. The smallest absolute Gasteiger partial charge is 0.132 e. The maximum absolute atomic E-state index is 10.7. The second-order valence-electron chi connectivity index (χ2n) is 5.53. The maximum atomic E-state index is 10.7. The minimum absolute atomic E-state index is 0.0395. The molecule has 0 spiro atoms. The molecule has 0 fully saturated rings. The van der Waals surface area contributed by atoms with Crippen LogP contribution in [0.4, 0.5) is 0 Å². The fourth-order valence-electron chi connectivity index (χ4n) is 2.72. The summed E-state index contributed by atoms with van der Waals surface area (Å²) >= 11 is 0.